The Morgan fingerprint density at radius 3 is 2.31 bits per heavy atom. The molecule has 3 heterocycles. The Labute approximate surface area is 300 Å². The number of amides is 3. The van der Waals surface area contributed by atoms with Crippen LogP contribution < -0.4 is 15.0 Å². The van der Waals surface area contributed by atoms with Crippen molar-refractivity contribution in [2.45, 2.75) is 111 Å². The molecule has 13 heteroatoms. The minimum absolute atomic E-state index is 0.00319. The van der Waals surface area contributed by atoms with E-state index in [1.807, 2.05) is 34.6 Å². The largest absolute Gasteiger partial charge is 0.451 e. The van der Waals surface area contributed by atoms with E-state index in [4.69, 9.17) is 9.47 Å². The standard InChI is InChI=1S/C38H53FN6O6/c1-23(2)45(24(3)4)34(47)28-18-26(39)10-12-30(28)50-31-19-40-22-41-33(31)44-20-38(21-44)13-15-43(16-14-38)35(48)32(42-36(49)51-37(6,7)8)27-11-9-25(5)17-29(27)46/h10,12,18-19,22-25,27,32H,9,11,13-17,20-21H2,1-8H3,(H,42,49)/t25?,27-,32+/m1/s1. The van der Waals surface area contributed by atoms with Gasteiger partial charge >= 0.3 is 6.09 Å². The molecule has 3 aliphatic rings. The summed E-state index contributed by atoms with van der Waals surface area (Å²) in [6, 6.07) is 2.74. The molecule has 1 unspecified atom stereocenters. The van der Waals surface area contributed by atoms with Crippen LogP contribution in [0.5, 0.6) is 11.5 Å². The highest BCUT2D eigenvalue weighted by Crippen LogP contribution is 2.45. The topological polar surface area (TPSA) is 134 Å². The number of nitrogens with one attached hydrogen (secondary N) is 1. The van der Waals surface area contributed by atoms with Gasteiger partial charge in [0.1, 0.15) is 35.3 Å². The Morgan fingerprint density at radius 1 is 1.04 bits per heavy atom. The number of aromatic nitrogens is 2. The lowest BCUT2D eigenvalue weighted by Crippen LogP contribution is -2.63. The monoisotopic (exact) mass is 708 g/mol. The third-order valence-corrected chi connectivity index (χ3v) is 10.2. The van der Waals surface area contributed by atoms with Gasteiger partial charge < -0.3 is 29.5 Å². The average Bonchev–Trinajstić information content (AvgIpc) is 3.02. The first-order valence-electron chi connectivity index (χ1n) is 18.1. The number of rotatable bonds is 9. The van der Waals surface area contributed by atoms with Gasteiger partial charge in [-0.2, -0.15) is 0 Å². The number of alkyl carbamates (subject to hydrolysis) is 1. The molecule has 0 radical (unpaired) electrons. The molecule has 3 amide bonds. The number of ketones is 1. The molecule has 2 saturated heterocycles. The Hall–Kier alpha value is -4.29. The smallest absolute Gasteiger partial charge is 0.408 e. The van der Waals surface area contributed by atoms with Crippen molar-refractivity contribution in [2.75, 3.05) is 31.1 Å². The first-order valence-corrected chi connectivity index (χ1v) is 18.1. The van der Waals surface area contributed by atoms with Crippen molar-refractivity contribution in [3.63, 3.8) is 0 Å². The van der Waals surface area contributed by atoms with Gasteiger partial charge in [-0.3, -0.25) is 14.4 Å². The Bertz CT molecular complexity index is 1600. The normalized spacial score (nSPS) is 21.0. The van der Waals surface area contributed by atoms with E-state index in [2.05, 4.69) is 20.2 Å². The minimum Gasteiger partial charge on any atom is -0.451 e. The third-order valence-electron chi connectivity index (χ3n) is 10.2. The van der Waals surface area contributed by atoms with E-state index in [1.54, 1.807) is 36.8 Å². The average molecular weight is 709 g/mol. The van der Waals surface area contributed by atoms with Crippen LogP contribution >= 0.6 is 0 Å². The number of Topliss-reactive ketones (excluding diaryl/α,β-unsaturated/α-hetero) is 1. The second-order valence-electron chi connectivity index (χ2n) is 16.1. The second-order valence-corrected chi connectivity index (χ2v) is 16.1. The summed E-state index contributed by atoms with van der Waals surface area (Å²) in [5.74, 6) is -0.310. The predicted molar refractivity (Wildman–Crippen MR) is 190 cm³/mol. The number of benzene rings is 1. The summed E-state index contributed by atoms with van der Waals surface area (Å²) in [5.41, 5.74) is -0.685. The highest BCUT2D eigenvalue weighted by atomic mass is 19.1. The van der Waals surface area contributed by atoms with E-state index in [-0.39, 0.29) is 52.3 Å². The zero-order chi connectivity index (χ0) is 37.2. The van der Waals surface area contributed by atoms with Crippen LogP contribution in [0.1, 0.15) is 97.9 Å². The highest BCUT2D eigenvalue weighted by Gasteiger charge is 2.48. The number of carbonyl (C=O) groups excluding carboxylic acids is 4. The van der Waals surface area contributed by atoms with Crippen molar-refractivity contribution in [3.05, 3.63) is 42.1 Å². The maximum atomic E-state index is 14.4. The zero-order valence-electron chi connectivity index (χ0n) is 31.2. The maximum absolute atomic E-state index is 14.4. The molecule has 1 aromatic heterocycles. The van der Waals surface area contributed by atoms with Crippen molar-refractivity contribution < 1.29 is 33.0 Å². The fourth-order valence-corrected chi connectivity index (χ4v) is 7.67. The first-order chi connectivity index (χ1) is 24.0. The molecule has 3 atom stereocenters. The van der Waals surface area contributed by atoms with Gasteiger partial charge in [0, 0.05) is 56.0 Å². The maximum Gasteiger partial charge on any atom is 0.408 e. The number of likely N-dealkylation sites (tertiary alicyclic amines) is 1. The summed E-state index contributed by atoms with van der Waals surface area (Å²) >= 11 is 0. The molecular formula is C38H53FN6O6. The molecule has 2 aliphatic heterocycles. The van der Waals surface area contributed by atoms with Gasteiger partial charge in [-0.15, -0.1) is 0 Å². The highest BCUT2D eigenvalue weighted by molar-refractivity contribution is 5.97. The van der Waals surface area contributed by atoms with E-state index in [0.29, 0.717) is 50.6 Å². The lowest BCUT2D eigenvalue weighted by Gasteiger charge is -2.54. The van der Waals surface area contributed by atoms with Crippen LogP contribution in [-0.4, -0.2) is 93.4 Å². The molecule has 5 rings (SSSR count). The van der Waals surface area contributed by atoms with Crippen LogP contribution in [0.2, 0.25) is 0 Å². The number of halogens is 1. The molecule has 1 aromatic carbocycles. The molecule has 2 aromatic rings. The molecule has 1 aliphatic carbocycles. The van der Waals surface area contributed by atoms with Crippen LogP contribution in [0.25, 0.3) is 0 Å². The fraction of sp³-hybridized carbons (Fsp3) is 0.632. The molecule has 51 heavy (non-hydrogen) atoms. The number of hydrogen-bond donors (Lipinski definition) is 1. The van der Waals surface area contributed by atoms with Crippen LogP contribution in [-0.2, 0) is 14.3 Å². The molecule has 278 valence electrons. The number of ether oxygens (including phenoxy) is 2. The quantitative estimate of drug-likeness (QED) is 0.333. The Balaban J connectivity index is 1.26. The minimum atomic E-state index is -0.969. The van der Waals surface area contributed by atoms with Gasteiger partial charge in [0.25, 0.3) is 5.91 Å². The van der Waals surface area contributed by atoms with Gasteiger partial charge in [0.05, 0.1) is 11.8 Å². The van der Waals surface area contributed by atoms with E-state index >= 15 is 0 Å². The Morgan fingerprint density at radius 2 is 1.71 bits per heavy atom. The number of hydrogen-bond acceptors (Lipinski definition) is 9. The fourth-order valence-electron chi connectivity index (χ4n) is 7.67. The van der Waals surface area contributed by atoms with Gasteiger partial charge in [-0.1, -0.05) is 6.92 Å². The molecule has 12 nitrogen and oxygen atoms in total. The molecule has 1 N–H and O–H groups in total. The molecule has 3 fully saturated rings. The zero-order valence-corrected chi connectivity index (χ0v) is 31.2. The van der Waals surface area contributed by atoms with Gasteiger partial charge in [0.15, 0.2) is 11.6 Å². The van der Waals surface area contributed by atoms with Gasteiger partial charge in [-0.05, 0) is 98.3 Å². The van der Waals surface area contributed by atoms with E-state index in [1.165, 1.54) is 24.5 Å². The molecule has 1 spiro atoms. The summed E-state index contributed by atoms with van der Waals surface area (Å²) in [4.78, 5) is 67.7. The van der Waals surface area contributed by atoms with Crippen LogP contribution in [0.4, 0.5) is 15.0 Å². The van der Waals surface area contributed by atoms with E-state index < -0.39 is 29.5 Å². The number of piperidine rings is 1. The van der Waals surface area contributed by atoms with Crippen LogP contribution in [0, 0.1) is 23.1 Å². The van der Waals surface area contributed by atoms with Gasteiger partial charge in [0.2, 0.25) is 5.91 Å². The van der Waals surface area contributed by atoms with E-state index in [0.717, 1.165) is 19.3 Å². The predicted octanol–water partition coefficient (Wildman–Crippen LogP) is 5.99. The number of anilines is 1. The van der Waals surface area contributed by atoms with Crippen molar-refractivity contribution in [1.29, 1.82) is 0 Å². The summed E-state index contributed by atoms with van der Waals surface area (Å²) in [7, 11) is 0. The SMILES string of the molecule is CC1CC[C@@H]([C@H](NC(=O)OC(C)(C)C)C(=O)N2CCC3(CC2)CN(c2ncncc2Oc2ccc(F)cc2C(=O)N(C(C)C)C(C)C)C3)C(=O)C1. The van der Waals surface area contributed by atoms with Crippen LogP contribution in [0.3, 0.4) is 0 Å². The molecule has 1 saturated carbocycles. The summed E-state index contributed by atoms with van der Waals surface area (Å²) in [5, 5.41) is 2.77. The lowest BCUT2D eigenvalue weighted by atomic mass is 9.71. The second kappa shape index (κ2) is 15.1. The van der Waals surface area contributed by atoms with Gasteiger partial charge in [-0.25, -0.2) is 19.2 Å². The van der Waals surface area contributed by atoms with Crippen LogP contribution in [0.15, 0.2) is 30.7 Å². The first kappa shape index (κ1) is 38.0. The number of nitrogens with zero attached hydrogens (tertiary/aromatic N) is 5. The summed E-state index contributed by atoms with van der Waals surface area (Å²) in [6.45, 7) is 17.3. The summed E-state index contributed by atoms with van der Waals surface area (Å²) in [6.07, 6.45) is 5.51. The van der Waals surface area contributed by atoms with Crippen molar-refractivity contribution in [1.82, 2.24) is 25.1 Å². The molecular weight excluding hydrogens is 655 g/mol. The van der Waals surface area contributed by atoms with E-state index in [9.17, 15) is 23.6 Å². The van der Waals surface area contributed by atoms with Crippen molar-refractivity contribution in [3.8, 4) is 11.5 Å². The van der Waals surface area contributed by atoms with Crippen molar-refractivity contribution >= 4 is 29.5 Å². The molecule has 0 bridgehead atoms. The van der Waals surface area contributed by atoms with Crippen molar-refractivity contribution in [2.24, 2.45) is 17.3 Å². The summed E-state index contributed by atoms with van der Waals surface area (Å²) < 4.78 is 26.2. The Kier molecular flexibility index (Phi) is 11.3. The number of carbonyl (C=O) groups is 4. The lowest BCUT2D eigenvalue weighted by molar-refractivity contribution is -0.142. The third kappa shape index (κ3) is 8.78.